The second kappa shape index (κ2) is 38.5. The standard InChI is InChI=1S/C76H50.C66H44.CH4/c1-5-25-51(26-6-1)57-33-13-17-37-61(57)73-65-41-21-23-43-67(65)75(63-39-19-15-35-59(63)53-29-9-3-10-30-53)71-49-55(45-47-69(71)73)56-46-48-70-72(50-56)76(64-40-20-16-36-60(64)54-31-11-4-12-32-54)68-44-24-22-42-66(68)74(70)62-38-18-14-34-58(62)52-27-7-2-8-28-52;1-5-17-45(18-6-1)47-29-33-49(34-30-47)51-37-41-55(42-38-51)63-59-27-15-16-28-60(59)64(56-43-39-52(40-44-56)50-35-31-48(32-36-50)46-19-7-2-8-20-46)66-62(54-23-11-4-12-24-54)58-26-14-13-25-57(58)61(65(63)66)53-21-9-3-10-22-53;/h1-50H;1-44H;1H4. The number of fused-ring (bicyclic) bond motifs is 7. The second-order valence-corrected chi connectivity index (χ2v) is 36.9. The highest BCUT2D eigenvalue weighted by Gasteiger charge is 2.29. The van der Waals surface area contributed by atoms with Gasteiger partial charge in [0, 0.05) is 0 Å². The van der Waals surface area contributed by atoms with Crippen molar-refractivity contribution in [2.75, 3.05) is 0 Å². The van der Waals surface area contributed by atoms with E-state index in [1.807, 2.05) is 0 Å². The van der Waals surface area contributed by atoms with Gasteiger partial charge in [0.2, 0.25) is 0 Å². The van der Waals surface area contributed by atoms with Crippen LogP contribution in [-0.4, -0.2) is 0 Å². The van der Waals surface area contributed by atoms with E-state index in [1.54, 1.807) is 0 Å². The Hall–Kier alpha value is -18.5. The van der Waals surface area contributed by atoms with Crippen LogP contribution in [0.2, 0.25) is 0 Å². The quantitative estimate of drug-likeness (QED) is 0.0797. The van der Waals surface area contributed by atoms with Crippen molar-refractivity contribution >= 4 is 75.4 Å². The first kappa shape index (κ1) is 87.3. The number of rotatable bonds is 17. The molecule has 0 aliphatic heterocycles. The van der Waals surface area contributed by atoms with Crippen LogP contribution in [0.1, 0.15) is 7.43 Å². The molecule has 0 fully saturated rings. The predicted molar refractivity (Wildman–Crippen MR) is 615 cm³/mol. The fourth-order valence-corrected chi connectivity index (χ4v) is 22.3. The highest BCUT2D eigenvalue weighted by molar-refractivity contribution is 6.35. The van der Waals surface area contributed by atoms with Crippen LogP contribution in [0.15, 0.2) is 570 Å². The van der Waals surface area contributed by atoms with Crippen LogP contribution in [0, 0.1) is 0 Å². The van der Waals surface area contributed by atoms with E-state index in [0.29, 0.717) is 0 Å². The normalized spacial score (nSPS) is 11.3. The first-order valence-corrected chi connectivity index (χ1v) is 49.2. The monoisotopic (exact) mass is 1810 g/mol. The molecule has 26 rings (SSSR count). The predicted octanol–water partition coefficient (Wildman–Crippen LogP) is 40.4. The van der Waals surface area contributed by atoms with Gasteiger partial charge in [-0.3, -0.25) is 0 Å². The Kier molecular flexibility index (Phi) is 23.5. The topological polar surface area (TPSA) is 0 Å². The van der Waals surface area contributed by atoms with E-state index in [1.165, 1.54) is 253 Å². The largest absolute Gasteiger partial charge is 0.0776 e. The number of benzene rings is 26. The summed E-state index contributed by atoms with van der Waals surface area (Å²) in [6.07, 6.45) is 0. The van der Waals surface area contributed by atoms with E-state index in [-0.39, 0.29) is 7.43 Å². The Morgan fingerprint density at radius 2 is 0.210 bits per heavy atom. The van der Waals surface area contributed by atoms with Crippen molar-refractivity contribution < 1.29 is 0 Å². The molecule has 0 nitrogen and oxygen atoms in total. The molecule has 0 aliphatic carbocycles. The molecule has 0 radical (unpaired) electrons. The number of hydrogen-bond acceptors (Lipinski definition) is 0. The summed E-state index contributed by atoms with van der Waals surface area (Å²) in [6.45, 7) is 0. The Morgan fingerprint density at radius 1 is 0.0769 bits per heavy atom. The third-order valence-corrected chi connectivity index (χ3v) is 28.8. The van der Waals surface area contributed by atoms with Gasteiger partial charge in [-0.2, -0.15) is 0 Å². The highest BCUT2D eigenvalue weighted by Crippen LogP contribution is 2.57. The lowest BCUT2D eigenvalue weighted by atomic mass is 9.77. The molecule has 26 aromatic rings. The lowest BCUT2D eigenvalue weighted by Gasteiger charge is -2.25. The van der Waals surface area contributed by atoms with Crippen molar-refractivity contribution in [1.29, 1.82) is 0 Å². The van der Waals surface area contributed by atoms with Gasteiger partial charge in [-0.1, -0.05) is 566 Å². The molecule has 0 atom stereocenters. The molecule has 0 aromatic heterocycles. The lowest BCUT2D eigenvalue weighted by molar-refractivity contribution is 1.58. The molecule has 0 amide bonds. The molecule has 26 aromatic carbocycles. The summed E-state index contributed by atoms with van der Waals surface area (Å²) in [4.78, 5) is 0. The minimum Gasteiger partial charge on any atom is -0.0776 e. The summed E-state index contributed by atoms with van der Waals surface area (Å²) in [5, 5.41) is 17.2. The van der Waals surface area contributed by atoms with Gasteiger partial charge in [-0.05, 0) is 277 Å². The van der Waals surface area contributed by atoms with Crippen molar-refractivity contribution in [2.45, 2.75) is 7.43 Å². The Balaban J connectivity index is 0.000000155. The number of hydrogen-bond donors (Lipinski definition) is 0. The van der Waals surface area contributed by atoms with Crippen LogP contribution in [-0.2, 0) is 0 Å². The average molecular weight is 1820 g/mol. The van der Waals surface area contributed by atoms with Gasteiger partial charge in [0.15, 0.2) is 0 Å². The van der Waals surface area contributed by atoms with Crippen LogP contribution in [0.25, 0.3) is 265 Å². The Morgan fingerprint density at radius 3 is 0.427 bits per heavy atom. The molecular weight excluding hydrogens is 1720 g/mol. The molecule has 670 valence electrons. The molecule has 0 aliphatic rings. The Labute approximate surface area is 836 Å². The molecule has 0 heteroatoms. The maximum atomic E-state index is 2.49. The Bertz CT molecular complexity index is 8660. The minimum absolute atomic E-state index is 0. The summed E-state index contributed by atoms with van der Waals surface area (Å²) < 4.78 is 0. The average Bonchev–Trinajstić information content (AvgIpc) is 0.693. The maximum absolute atomic E-state index is 2.49. The van der Waals surface area contributed by atoms with Gasteiger partial charge >= 0.3 is 0 Å². The van der Waals surface area contributed by atoms with Gasteiger partial charge in [0.25, 0.3) is 0 Å². The molecule has 0 bridgehead atoms. The molecule has 0 saturated carbocycles. The van der Waals surface area contributed by atoms with Gasteiger partial charge in [0.05, 0.1) is 0 Å². The highest BCUT2D eigenvalue weighted by atomic mass is 14.3. The fraction of sp³-hybridized carbons (Fsp3) is 0.00699. The van der Waals surface area contributed by atoms with E-state index < -0.39 is 0 Å². The van der Waals surface area contributed by atoms with Crippen LogP contribution < -0.4 is 0 Å². The summed E-state index contributed by atoms with van der Waals surface area (Å²) >= 11 is 0. The lowest BCUT2D eigenvalue weighted by Crippen LogP contribution is -1.97. The summed E-state index contributed by atoms with van der Waals surface area (Å²) in [7, 11) is 0. The zero-order chi connectivity index (χ0) is 94.2. The summed E-state index contributed by atoms with van der Waals surface area (Å²) in [6, 6.07) is 210. The van der Waals surface area contributed by atoms with E-state index in [4.69, 9.17) is 0 Å². The third-order valence-electron chi connectivity index (χ3n) is 28.8. The maximum Gasteiger partial charge on any atom is -0.000139 e. The first-order valence-electron chi connectivity index (χ1n) is 49.2. The van der Waals surface area contributed by atoms with Crippen LogP contribution in [0.3, 0.4) is 0 Å². The van der Waals surface area contributed by atoms with E-state index in [2.05, 4.69) is 570 Å². The zero-order valence-corrected chi connectivity index (χ0v) is 78.3. The summed E-state index contributed by atoms with van der Waals surface area (Å²) in [5.74, 6) is 0. The van der Waals surface area contributed by atoms with Gasteiger partial charge in [0.1, 0.15) is 0 Å². The molecule has 0 N–H and O–H groups in total. The molecule has 0 unspecified atom stereocenters. The minimum atomic E-state index is 0. The molecule has 0 saturated heterocycles. The SMILES string of the molecule is C.c1ccc(-c2ccc(-c3ccc(-c4c5ccccc5c(-c5ccc(-c6ccc(-c7ccccc7)cc6)cc5)c5c(-c6ccccc6)c6ccccc6c(-c6ccccc6)c45)cc3)cc2)cc1.c1ccc(-c2ccccc2-c2c3ccccc3c(-c3ccccc3-c3ccccc3)c3cc(-c4ccc5c(-c6ccccc6-c6ccccc6)c6ccccc6c(-c6ccccc6-c6ccccc6)c5c4)ccc23)cc1. The first-order chi connectivity index (χ1) is 70.5. The third kappa shape index (κ3) is 16.2. The van der Waals surface area contributed by atoms with Crippen molar-refractivity contribution in [3.8, 4) is 189 Å². The van der Waals surface area contributed by atoms with Crippen molar-refractivity contribution in [1.82, 2.24) is 0 Å². The van der Waals surface area contributed by atoms with Gasteiger partial charge < -0.3 is 0 Å². The second-order valence-electron chi connectivity index (χ2n) is 36.9. The van der Waals surface area contributed by atoms with Crippen molar-refractivity contribution in [2.24, 2.45) is 0 Å². The zero-order valence-electron chi connectivity index (χ0n) is 78.3. The summed E-state index contributed by atoms with van der Waals surface area (Å²) in [5.41, 5.74) is 41.2. The van der Waals surface area contributed by atoms with Crippen LogP contribution >= 0.6 is 0 Å². The molecule has 0 spiro atoms. The van der Waals surface area contributed by atoms with Gasteiger partial charge in [-0.15, -0.1) is 0 Å². The van der Waals surface area contributed by atoms with Crippen LogP contribution in [0.4, 0.5) is 0 Å². The molecular formula is C143H98. The smallest absolute Gasteiger partial charge is 0.000139 e. The van der Waals surface area contributed by atoms with E-state index in [0.717, 1.165) is 11.1 Å². The molecule has 143 heavy (non-hydrogen) atoms. The van der Waals surface area contributed by atoms with Crippen LogP contribution in [0.5, 0.6) is 0 Å². The van der Waals surface area contributed by atoms with E-state index in [9.17, 15) is 0 Å². The van der Waals surface area contributed by atoms with Crippen molar-refractivity contribution in [3.63, 3.8) is 0 Å². The molecule has 0 heterocycles. The van der Waals surface area contributed by atoms with Gasteiger partial charge in [-0.25, -0.2) is 0 Å². The fourth-order valence-electron chi connectivity index (χ4n) is 22.3. The van der Waals surface area contributed by atoms with Crippen molar-refractivity contribution in [3.05, 3.63) is 570 Å². The van der Waals surface area contributed by atoms with E-state index >= 15 is 0 Å².